The SMILES string of the molecule is C/C=C\C(=C/CC)Sc1ccc(NC(=O)CCC(=O)O)c2c1C(=O)c1ccccc1C2=O. The van der Waals surface area contributed by atoms with Gasteiger partial charge in [-0.05, 0) is 25.5 Å². The third-order valence-corrected chi connectivity index (χ3v) is 5.94. The van der Waals surface area contributed by atoms with E-state index in [1.807, 2.05) is 32.1 Å². The predicted molar refractivity (Wildman–Crippen MR) is 124 cm³/mol. The Labute approximate surface area is 190 Å². The number of allylic oxidation sites excluding steroid dienone is 3. The van der Waals surface area contributed by atoms with Crippen LogP contribution in [0.2, 0.25) is 0 Å². The quantitative estimate of drug-likeness (QED) is 0.361. The van der Waals surface area contributed by atoms with Crippen LogP contribution in [0.3, 0.4) is 0 Å². The summed E-state index contributed by atoms with van der Waals surface area (Å²) in [6.07, 6.45) is 6.12. The lowest BCUT2D eigenvalue weighted by Gasteiger charge is -2.23. The molecule has 3 rings (SSSR count). The monoisotopic (exact) mass is 449 g/mol. The van der Waals surface area contributed by atoms with Crippen LogP contribution in [0.4, 0.5) is 5.69 Å². The van der Waals surface area contributed by atoms with E-state index in [-0.39, 0.29) is 46.8 Å². The Morgan fingerprint density at radius 1 is 1.00 bits per heavy atom. The molecule has 2 aromatic carbocycles. The Bertz CT molecular complexity index is 1160. The van der Waals surface area contributed by atoms with E-state index in [1.165, 1.54) is 11.8 Å². The number of nitrogens with one attached hydrogen (secondary N) is 1. The largest absolute Gasteiger partial charge is 0.481 e. The molecule has 6 nitrogen and oxygen atoms in total. The van der Waals surface area contributed by atoms with Crippen LogP contribution < -0.4 is 5.32 Å². The Morgan fingerprint density at radius 2 is 1.66 bits per heavy atom. The molecule has 0 radical (unpaired) electrons. The van der Waals surface area contributed by atoms with E-state index in [0.717, 1.165) is 11.3 Å². The van der Waals surface area contributed by atoms with Gasteiger partial charge in [0.15, 0.2) is 11.6 Å². The average molecular weight is 450 g/mol. The van der Waals surface area contributed by atoms with E-state index in [0.29, 0.717) is 10.5 Å². The summed E-state index contributed by atoms with van der Waals surface area (Å²) in [5.41, 5.74) is 1.21. The van der Waals surface area contributed by atoms with Gasteiger partial charge in [-0.1, -0.05) is 61.2 Å². The number of thioether (sulfide) groups is 1. The number of ketones is 2. The van der Waals surface area contributed by atoms with Crippen LogP contribution in [0.25, 0.3) is 0 Å². The molecular weight excluding hydrogens is 426 g/mol. The van der Waals surface area contributed by atoms with Gasteiger partial charge in [0.1, 0.15) is 0 Å². The van der Waals surface area contributed by atoms with Gasteiger partial charge < -0.3 is 10.4 Å². The van der Waals surface area contributed by atoms with Gasteiger partial charge in [0.25, 0.3) is 0 Å². The van der Waals surface area contributed by atoms with E-state index in [4.69, 9.17) is 5.11 Å². The molecule has 1 aliphatic carbocycles. The zero-order valence-electron chi connectivity index (χ0n) is 17.8. The van der Waals surface area contributed by atoms with Gasteiger partial charge in [-0.15, -0.1) is 0 Å². The number of carboxylic acids is 1. The van der Waals surface area contributed by atoms with Crippen molar-refractivity contribution in [2.75, 3.05) is 5.32 Å². The third kappa shape index (κ3) is 4.89. The standard InChI is InChI=1S/C25H23NO5S/c1-3-7-15(8-4-2)32-19-12-11-18(26-20(27)13-14-21(28)29)22-23(19)25(31)17-10-6-5-9-16(17)24(22)30/h3,5-12H,4,13-14H2,1-2H3,(H,26,27)(H,28,29)/b7-3-,15-8+. The highest BCUT2D eigenvalue weighted by Crippen LogP contribution is 2.40. The fraction of sp³-hybridized carbons (Fsp3) is 0.200. The van der Waals surface area contributed by atoms with Gasteiger partial charge in [-0.2, -0.15) is 0 Å². The first-order valence-electron chi connectivity index (χ1n) is 10.2. The number of benzene rings is 2. The number of hydrogen-bond donors (Lipinski definition) is 2. The second kappa shape index (κ2) is 10.2. The summed E-state index contributed by atoms with van der Waals surface area (Å²) >= 11 is 1.39. The highest BCUT2D eigenvalue weighted by atomic mass is 32.2. The number of rotatable bonds is 8. The van der Waals surface area contributed by atoms with Crippen LogP contribution >= 0.6 is 11.8 Å². The van der Waals surface area contributed by atoms with E-state index in [9.17, 15) is 19.2 Å². The fourth-order valence-electron chi connectivity index (χ4n) is 3.45. The van der Waals surface area contributed by atoms with Crippen molar-refractivity contribution >= 4 is 40.9 Å². The summed E-state index contributed by atoms with van der Waals surface area (Å²) in [5.74, 6) is -2.25. The smallest absolute Gasteiger partial charge is 0.303 e. The van der Waals surface area contributed by atoms with Gasteiger partial charge in [-0.25, -0.2) is 0 Å². The van der Waals surface area contributed by atoms with Crippen LogP contribution in [0.15, 0.2) is 64.4 Å². The van der Waals surface area contributed by atoms with Crippen LogP contribution in [0.1, 0.15) is 65.0 Å². The van der Waals surface area contributed by atoms with Crippen molar-refractivity contribution in [3.8, 4) is 0 Å². The molecule has 0 saturated heterocycles. The number of anilines is 1. The number of carbonyl (C=O) groups excluding carboxylic acids is 3. The number of hydrogen-bond acceptors (Lipinski definition) is 5. The highest BCUT2D eigenvalue weighted by Gasteiger charge is 2.34. The summed E-state index contributed by atoms with van der Waals surface area (Å²) in [4.78, 5) is 51.4. The molecule has 0 unspecified atom stereocenters. The zero-order valence-corrected chi connectivity index (χ0v) is 18.6. The number of carbonyl (C=O) groups is 4. The first-order chi connectivity index (χ1) is 15.4. The van der Waals surface area contributed by atoms with Gasteiger partial charge in [0, 0.05) is 32.9 Å². The summed E-state index contributed by atoms with van der Waals surface area (Å²) in [6.45, 7) is 3.92. The summed E-state index contributed by atoms with van der Waals surface area (Å²) < 4.78 is 0. The second-order valence-corrected chi connectivity index (χ2v) is 8.24. The maximum atomic E-state index is 13.4. The first kappa shape index (κ1) is 23.2. The van der Waals surface area contributed by atoms with Gasteiger partial charge >= 0.3 is 5.97 Å². The van der Waals surface area contributed by atoms with Crippen LogP contribution in [-0.4, -0.2) is 28.5 Å². The van der Waals surface area contributed by atoms with Crippen LogP contribution in [-0.2, 0) is 9.59 Å². The first-order valence-corrected chi connectivity index (χ1v) is 11.1. The molecule has 2 N–H and O–H groups in total. The molecule has 0 saturated carbocycles. The molecule has 1 amide bonds. The Balaban J connectivity index is 2.12. The highest BCUT2D eigenvalue weighted by molar-refractivity contribution is 8.03. The molecule has 0 aliphatic heterocycles. The van der Waals surface area contributed by atoms with Gasteiger partial charge in [-0.3, -0.25) is 19.2 Å². The molecule has 7 heteroatoms. The lowest BCUT2D eigenvalue weighted by atomic mass is 9.83. The van der Waals surface area contributed by atoms with Crippen molar-refractivity contribution in [2.45, 2.75) is 38.0 Å². The molecule has 164 valence electrons. The second-order valence-electron chi connectivity index (χ2n) is 7.12. The molecule has 0 spiro atoms. The van der Waals surface area contributed by atoms with Crippen molar-refractivity contribution in [3.05, 3.63) is 81.8 Å². The van der Waals surface area contributed by atoms with E-state index >= 15 is 0 Å². The van der Waals surface area contributed by atoms with E-state index in [2.05, 4.69) is 5.32 Å². The van der Waals surface area contributed by atoms with Crippen molar-refractivity contribution in [1.29, 1.82) is 0 Å². The number of carboxylic acid groups (broad SMARTS) is 1. The maximum absolute atomic E-state index is 13.4. The van der Waals surface area contributed by atoms with Gasteiger partial charge in [0.2, 0.25) is 5.91 Å². The number of aliphatic carboxylic acids is 1. The zero-order chi connectivity index (χ0) is 23.3. The third-order valence-electron chi connectivity index (χ3n) is 4.84. The Morgan fingerprint density at radius 3 is 2.25 bits per heavy atom. The summed E-state index contributed by atoms with van der Waals surface area (Å²) in [6, 6.07) is 9.92. The van der Waals surface area contributed by atoms with Crippen LogP contribution in [0.5, 0.6) is 0 Å². The summed E-state index contributed by atoms with van der Waals surface area (Å²) in [7, 11) is 0. The lowest BCUT2D eigenvalue weighted by molar-refractivity contribution is -0.138. The number of fused-ring (bicyclic) bond motifs is 2. The minimum absolute atomic E-state index is 0.138. The van der Waals surface area contributed by atoms with Crippen molar-refractivity contribution in [3.63, 3.8) is 0 Å². The normalized spacial score (nSPS) is 13.1. The van der Waals surface area contributed by atoms with Gasteiger partial charge in [0.05, 0.1) is 17.7 Å². The van der Waals surface area contributed by atoms with Crippen molar-refractivity contribution in [2.24, 2.45) is 0 Å². The van der Waals surface area contributed by atoms with Crippen molar-refractivity contribution in [1.82, 2.24) is 0 Å². The molecule has 0 atom stereocenters. The fourth-order valence-corrected chi connectivity index (χ4v) is 4.59. The van der Waals surface area contributed by atoms with Crippen LogP contribution in [0, 0.1) is 0 Å². The minimum Gasteiger partial charge on any atom is -0.481 e. The predicted octanol–water partition coefficient (Wildman–Crippen LogP) is 5.23. The maximum Gasteiger partial charge on any atom is 0.303 e. The molecular formula is C25H23NO5S. The molecule has 0 aromatic heterocycles. The van der Waals surface area contributed by atoms with E-state index < -0.39 is 11.9 Å². The average Bonchev–Trinajstić information content (AvgIpc) is 2.77. The molecule has 0 heterocycles. The number of amides is 1. The minimum atomic E-state index is -1.09. The molecule has 0 fully saturated rings. The molecule has 2 aromatic rings. The molecule has 1 aliphatic rings. The molecule has 32 heavy (non-hydrogen) atoms. The Kier molecular flexibility index (Phi) is 7.43. The summed E-state index contributed by atoms with van der Waals surface area (Å²) in [5, 5.41) is 11.4. The lowest BCUT2D eigenvalue weighted by Crippen LogP contribution is -2.25. The van der Waals surface area contributed by atoms with E-state index in [1.54, 1.807) is 36.4 Å². The topological polar surface area (TPSA) is 101 Å². The Hall–Kier alpha value is -3.45. The van der Waals surface area contributed by atoms with Crippen molar-refractivity contribution < 1.29 is 24.3 Å². The molecule has 0 bridgehead atoms.